The minimum absolute atomic E-state index is 0.0288. The van der Waals surface area contributed by atoms with Gasteiger partial charge >= 0.3 is 6.03 Å². The van der Waals surface area contributed by atoms with Crippen LogP contribution < -0.4 is 0 Å². The first-order valence-corrected chi connectivity index (χ1v) is 8.80. The molecule has 0 N–H and O–H groups in total. The van der Waals surface area contributed by atoms with Crippen molar-refractivity contribution in [1.29, 1.82) is 0 Å². The second-order valence-corrected chi connectivity index (χ2v) is 7.51. The minimum Gasteiger partial charge on any atom is -0.323 e. The number of aryl methyl sites for hydroxylation is 1. The van der Waals surface area contributed by atoms with Gasteiger partial charge in [0.2, 0.25) is 0 Å². The van der Waals surface area contributed by atoms with Crippen LogP contribution in [0.25, 0.3) is 0 Å². The summed E-state index contributed by atoms with van der Waals surface area (Å²) in [6.07, 6.45) is 5.54. The zero-order valence-corrected chi connectivity index (χ0v) is 14.5. The number of halogens is 1. The molecule has 3 heterocycles. The van der Waals surface area contributed by atoms with E-state index in [9.17, 15) is 9.18 Å². The molecule has 1 spiro atoms. The second-order valence-electron chi connectivity index (χ2n) is 7.51. The van der Waals surface area contributed by atoms with Gasteiger partial charge in [0.25, 0.3) is 0 Å². The lowest BCUT2D eigenvalue weighted by Gasteiger charge is -2.54. The van der Waals surface area contributed by atoms with Crippen LogP contribution in [0, 0.1) is 18.2 Å². The number of aromatic nitrogens is 2. The van der Waals surface area contributed by atoms with E-state index in [-0.39, 0.29) is 11.8 Å². The lowest BCUT2D eigenvalue weighted by molar-refractivity contribution is -0.0443. The molecule has 0 unspecified atom stereocenters. The average Bonchev–Trinajstić information content (AvgIpc) is 3.00. The molecule has 4 rings (SSSR count). The predicted octanol–water partition coefficient (Wildman–Crippen LogP) is 2.90. The third kappa shape index (κ3) is 3.31. The van der Waals surface area contributed by atoms with Gasteiger partial charge in [0.05, 0.1) is 6.20 Å². The van der Waals surface area contributed by atoms with Gasteiger partial charge in [0.1, 0.15) is 5.82 Å². The van der Waals surface area contributed by atoms with Crippen molar-refractivity contribution in [3.63, 3.8) is 0 Å². The Morgan fingerprint density at radius 1 is 1.28 bits per heavy atom. The van der Waals surface area contributed by atoms with Crippen LogP contribution in [0.1, 0.15) is 24.0 Å². The van der Waals surface area contributed by atoms with E-state index in [1.165, 1.54) is 10.7 Å². The molecule has 2 aliphatic heterocycles. The lowest BCUT2D eigenvalue weighted by atomic mass is 9.72. The van der Waals surface area contributed by atoms with E-state index in [0.29, 0.717) is 5.41 Å². The summed E-state index contributed by atoms with van der Waals surface area (Å²) in [5.74, 6) is -0.173. The Labute approximate surface area is 147 Å². The molecule has 0 radical (unpaired) electrons. The minimum atomic E-state index is -0.173. The second kappa shape index (κ2) is 6.26. The van der Waals surface area contributed by atoms with Crippen LogP contribution >= 0.6 is 0 Å². The fraction of sp³-hybridized carbons (Fsp3) is 0.474. The summed E-state index contributed by atoms with van der Waals surface area (Å²) in [5, 5.41) is 4.11. The summed E-state index contributed by atoms with van der Waals surface area (Å²) < 4.78 is 14.7. The summed E-state index contributed by atoms with van der Waals surface area (Å²) in [6.45, 7) is 6.37. The zero-order valence-electron chi connectivity index (χ0n) is 14.5. The van der Waals surface area contributed by atoms with Gasteiger partial charge in [-0.25, -0.2) is 9.18 Å². The molecular weight excluding hydrogens is 319 g/mol. The summed E-state index contributed by atoms with van der Waals surface area (Å²) in [4.78, 5) is 16.7. The van der Waals surface area contributed by atoms with Gasteiger partial charge in [-0.1, -0.05) is 12.1 Å². The Bertz CT molecular complexity index is 771. The number of carbonyl (C=O) groups excluding carboxylic acids is 1. The highest BCUT2D eigenvalue weighted by molar-refractivity contribution is 5.76. The van der Waals surface area contributed by atoms with Crippen molar-refractivity contribution in [3.8, 4) is 0 Å². The Balaban J connectivity index is 1.29. The van der Waals surface area contributed by atoms with E-state index in [0.717, 1.165) is 56.7 Å². The molecule has 1 amide bonds. The molecule has 0 aliphatic carbocycles. The van der Waals surface area contributed by atoms with Crippen molar-refractivity contribution >= 4 is 6.03 Å². The predicted molar refractivity (Wildman–Crippen MR) is 92.7 cm³/mol. The number of benzene rings is 1. The maximum Gasteiger partial charge on any atom is 0.344 e. The van der Waals surface area contributed by atoms with Crippen molar-refractivity contribution in [3.05, 3.63) is 53.6 Å². The SMILES string of the molecule is Cc1cnn(C(=O)N2CCC3(CC2)CN(Cc2cccc(F)c2)C3)c1. The molecule has 6 heteroatoms. The van der Waals surface area contributed by atoms with Gasteiger partial charge in [-0.2, -0.15) is 9.78 Å². The topological polar surface area (TPSA) is 41.4 Å². The first-order valence-electron chi connectivity index (χ1n) is 8.80. The van der Waals surface area contributed by atoms with Gasteiger partial charge in [-0.15, -0.1) is 0 Å². The maximum atomic E-state index is 13.3. The molecule has 2 fully saturated rings. The number of hydrogen-bond donors (Lipinski definition) is 0. The summed E-state index contributed by atoms with van der Waals surface area (Å²) in [7, 11) is 0. The van der Waals surface area contributed by atoms with Crippen LogP contribution in [0.4, 0.5) is 9.18 Å². The van der Waals surface area contributed by atoms with Gasteiger partial charge < -0.3 is 4.90 Å². The van der Waals surface area contributed by atoms with Crippen molar-refractivity contribution in [2.24, 2.45) is 5.41 Å². The normalized spacial score (nSPS) is 19.8. The van der Waals surface area contributed by atoms with Crippen LogP contribution in [-0.4, -0.2) is 51.8 Å². The van der Waals surface area contributed by atoms with Crippen LogP contribution in [0.3, 0.4) is 0 Å². The molecule has 5 nitrogen and oxygen atoms in total. The molecule has 1 aromatic heterocycles. The Hall–Kier alpha value is -2.21. The number of likely N-dealkylation sites (tertiary alicyclic amines) is 2. The molecule has 0 atom stereocenters. The molecule has 0 saturated carbocycles. The first kappa shape index (κ1) is 16.3. The van der Waals surface area contributed by atoms with E-state index in [1.54, 1.807) is 24.5 Å². The third-order valence-corrected chi connectivity index (χ3v) is 5.42. The quantitative estimate of drug-likeness (QED) is 0.843. The summed E-state index contributed by atoms with van der Waals surface area (Å²) in [6, 6.07) is 6.80. The van der Waals surface area contributed by atoms with Gasteiger partial charge in [-0.05, 0) is 48.4 Å². The largest absolute Gasteiger partial charge is 0.344 e. The highest BCUT2D eigenvalue weighted by Gasteiger charge is 2.45. The number of rotatable bonds is 2. The fourth-order valence-electron chi connectivity index (χ4n) is 4.06. The van der Waals surface area contributed by atoms with Gasteiger partial charge in [-0.3, -0.25) is 4.90 Å². The van der Waals surface area contributed by atoms with E-state index in [1.807, 2.05) is 17.9 Å². The molecule has 0 bridgehead atoms. The monoisotopic (exact) mass is 342 g/mol. The maximum absolute atomic E-state index is 13.3. The smallest absolute Gasteiger partial charge is 0.323 e. The van der Waals surface area contributed by atoms with Crippen LogP contribution in [0.5, 0.6) is 0 Å². The molecule has 25 heavy (non-hydrogen) atoms. The first-order chi connectivity index (χ1) is 12.0. The van der Waals surface area contributed by atoms with Crippen LogP contribution in [-0.2, 0) is 6.54 Å². The molecule has 2 saturated heterocycles. The van der Waals surface area contributed by atoms with Gasteiger partial charge in [0.15, 0.2) is 0 Å². The summed E-state index contributed by atoms with van der Waals surface area (Å²) >= 11 is 0. The standard InChI is InChI=1S/C19H23FN4O/c1-15-10-21-24(11-15)18(25)23-7-5-19(6-8-23)13-22(14-19)12-16-3-2-4-17(20)9-16/h2-4,9-11H,5-8,12-14H2,1H3. The van der Waals surface area contributed by atoms with E-state index in [4.69, 9.17) is 0 Å². The fourth-order valence-corrected chi connectivity index (χ4v) is 4.06. The third-order valence-electron chi connectivity index (χ3n) is 5.42. The lowest BCUT2D eigenvalue weighted by Crippen LogP contribution is -2.60. The van der Waals surface area contributed by atoms with Crippen molar-refractivity contribution in [2.75, 3.05) is 26.2 Å². The average molecular weight is 342 g/mol. The Morgan fingerprint density at radius 3 is 2.68 bits per heavy atom. The Kier molecular flexibility index (Phi) is 4.07. The highest BCUT2D eigenvalue weighted by atomic mass is 19.1. The van der Waals surface area contributed by atoms with E-state index in [2.05, 4.69) is 10.00 Å². The molecule has 2 aliphatic rings. The number of amides is 1. The van der Waals surface area contributed by atoms with E-state index >= 15 is 0 Å². The number of carbonyl (C=O) groups is 1. The van der Waals surface area contributed by atoms with Crippen molar-refractivity contribution < 1.29 is 9.18 Å². The van der Waals surface area contributed by atoms with Crippen LogP contribution in [0.15, 0.2) is 36.7 Å². The number of hydrogen-bond acceptors (Lipinski definition) is 3. The summed E-state index contributed by atoms with van der Waals surface area (Å²) in [5.41, 5.74) is 2.34. The highest BCUT2D eigenvalue weighted by Crippen LogP contribution is 2.41. The molecule has 1 aromatic carbocycles. The molecule has 2 aromatic rings. The Morgan fingerprint density at radius 2 is 2.04 bits per heavy atom. The van der Waals surface area contributed by atoms with Crippen molar-refractivity contribution in [2.45, 2.75) is 26.3 Å². The van der Waals surface area contributed by atoms with Crippen molar-refractivity contribution in [1.82, 2.24) is 19.6 Å². The number of nitrogens with zero attached hydrogens (tertiary/aromatic N) is 4. The molecular formula is C19H23FN4O. The zero-order chi connectivity index (χ0) is 17.4. The van der Waals surface area contributed by atoms with Crippen LogP contribution in [0.2, 0.25) is 0 Å². The number of piperidine rings is 1. The van der Waals surface area contributed by atoms with E-state index < -0.39 is 0 Å². The van der Waals surface area contributed by atoms with Gasteiger partial charge in [0, 0.05) is 38.9 Å². The molecule has 132 valence electrons.